The molecule has 0 N–H and O–H groups in total. The first-order valence-electron chi connectivity index (χ1n) is 4.00. The van der Waals surface area contributed by atoms with Gasteiger partial charge in [-0.1, -0.05) is 19.3 Å². The highest BCUT2D eigenvalue weighted by molar-refractivity contribution is 4.87. The summed E-state index contributed by atoms with van der Waals surface area (Å²) in [6.45, 7) is 0. The molecule has 2 aliphatic carbocycles. The van der Waals surface area contributed by atoms with Crippen molar-refractivity contribution >= 4 is 0 Å². The summed E-state index contributed by atoms with van der Waals surface area (Å²) in [6, 6.07) is 0. The molecule has 0 amide bonds. The Morgan fingerprint density at radius 3 is 2.11 bits per heavy atom. The van der Waals surface area contributed by atoms with Gasteiger partial charge in [-0.3, -0.25) is 0 Å². The summed E-state index contributed by atoms with van der Waals surface area (Å²) in [5.74, 6) is 1.56. The van der Waals surface area contributed by atoms with Gasteiger partial charge < -0.3 is 0 Å². The molecule has 2 rings (SSSR count). The zero-order chi connectivity index (χ0) is 6.27. The van der Waals surface area contributed by atoms with Crippen LogP contribution in [0, 0.1) is 11.8 Å². The molecular formula is C8H13F. The van der Waals surface area contributed by atoms with Crippen LogP contribution >= 0.6 is 0 Å². The lowest BCUT2D eigenvalue weighted by Gasteiger charge is -2.03. The van der Waals surface area contributed by atoms with Gasteiger partial charge in [-0.05, 0) is 24.7 Å². The van der Waals surface area contributed by atoms with Gasteiger partial charge in [0.25, 0.3) is 0 Å². The zero-order valence-electron chi connectivity index (χ0n) is 5.65. The van der Waals surface area contributed by atoms with E-state index in [9.17, 15) is 4.39 Å². The van der Waals surface area contributed by atoms with Crippen molar-refractivity contribution in [3.8, 4) is 0 Å². The first kappa shape index (κ1) is 5.70. The van der Waals surface area contributed by atoms with Crippen molar-refractivity contribution in [3.05, 3.63) is 0 Å². The summed E-state index contributed by atoms with van der Waals surface area (Å²) < 4.78 is 12.6. The van der Waals surface area contributed by atoms with Crippen LogP contribution in [0.1, 0.15) is 32.1 Å². The summed E-state index contributed by atoms with van der Waals surface area (Å²) in [6.07, 6.45) is 5.30. The van der Waals surface area contributed by atoms with E-state index in [-0.39, 0.29) is 0 Å². The zero-order valence-corrected chi connectivity index (χ0v) is 5.65. The fourth-order valence-corrected chi connectivity index (χ4v) is 2.49. The highest BCUT2D eigenvalue weighted by atomic mass is 19.1. The Labute approximate surface area is 55.4 Å². The van der Waals surface area contributed by atoms with Crippen LogP contribution in [0.3, 0.4) is 0 Å². The topological polar surface area (TPSA) is 0 Å². The lowest BCUT2D eigenvalue weighted by molar-refractivity contribution is 0.321. The summed E-state index contributed by atoms with van der Waals surface area (Å²) >= 11 is 0. The lowest BCUT2D eigenvalue weighted by Crippen LogP contribution is -1.95. The van der Waals surface area contributed by atoms with E-state index in [1.54, 1.807) is 0 Å². The van der Waals surface area contributed by atoms with Gasteiger partial charge in [-0.2, -0.15) is 0 Å². The molecular weight excluding hydrogens is 115 g/mol. The van der Waals surface area contributed by atoms with Crippen molar-refractivity contribution in [2.75, 3.05) is 0 Å². The average molecular weight is 128 g/mol. The maximum absolute atomic E-state index is 12.6. The van der Waals surface area contributed by atoms with Crippen LogP contribution in [0.5, 0.6) is 0 Å². The fourth-order valence-electron chi connectivity index (χ4n) is 2.49. The van der Waals surface area contributed by atoms with Gasteiger partial charge >= 0.3 is 0 Å². The molecule has 2 fully saturated rings. The van der Waals surface area contributed by atoms with E-state index in [0.717, 1.165) is 24.7 Å². The van der Waals surface area contributed by atoms with Crippen molar-refractivity contribution in [2.24, 2.45) is 11.8 Å². The Morgan fingerprint density at radius 1 is 1.00 bits per heavy atom. The fraction of sp³-hybridized carbons (Fsp3) is 1.00. The third-order valence-electron chi connectivity index (χ3n) is 2.93. The minimum absolute atomic E-state index is 0.444. The van der Waals surface area contributed by atoms with E-state index in [0.29, 0.717) is 0 Å². The molecule has 0 spiro atoms. The summed E-state index contributed by atoms with van der Waals surface area (Å²) in [5, 5.41) is 0. The van der Waals surface area contributed by atoms with Crippen LogP contribution in [0.4, 0.5) is 4.39 Å². The molecule has 2 aliphatic rings. The van der Waals surface area contributed by atoms with Crippen molar-refractivity contribution in [1.82, 2.24) is 0 Å². The van der Waals surface area contributed by atoms with Crippen molar-refractivity contribution in [2.45, 2.75) is 38.3 Å². The first-order valence-corrected chi connectivity index (χ1v) is 4.00. The van der Waals surface area contributed by atoms with E-state index < -0.39 is 6.17 Å². The van der Waals surface area contributed by atoms with Gasteiger partial charge in [0.15, 0.2) is 0 Å². The van der Waals surface area contributed by atoms with Crippen molar-refractivity contribution in [3.63, 3.8) is 0 Å². The van der Waals surface area contributed by atoms with Gasteiger partial charge in [-0.25, -0.2) is 4.39 Å². The van der Waals surface area contributed by atoms with Crippen LogP contribution in [0.15, 0.2) is 0 Å². The van der Waals surface area contributed by atoms with Crippen LogP contribution in [0.2, 0.25) is 0 Å². The normalized spacial score (nSPS) is 49.7. The summed E-state index contributed by atoms with van der Waals surface area (Å²) in [7, 11) is 0. The molecule has 0 bridgehead atoms. The first-order chi connectivity index (χ1) is 4.36. The largest absolute Gasteiger partial charge is 0.247 e. The smallest absolute Gasteiger partial charge is 0.101 e. The molecule has 0 radical (unpaired) electrons. The predicted octanol–water partition coefficient (Wildman–Crippen LogP) is 2.53. The third kappa shape index (κ3) is 0.867. The second-order valence-electron chi connectivity index (χ2n) is 3.52. The molecule has 2 atom stereocenters. The molecule has 0 aromatic rings. The minimum atomic E-state index is -0.444. The summed E-state index contributed by atoms with van der Waals surface area (Å²) in [4.78, 5) is 0. The molecule has 0 nitrogen and oxygen atoms in total. The monoisotopic (exact) mass is 128 g/mol. The van der Waals surface area contributed by atoms with Gasteiger partial charge in [0.05, 0.1) is 0 Å². The molecule has 2 unspecified atom stereocenters. The molecule has 1 heteroatoms. The number of fused-ring (bicyclic) bond motifs is 1. The SMILES string of the molecule is FC1CC2CCCC2C1. The van der Waals surface area contributed by atoms with Crippen LogP contribution in [-0.4, -0.2) is 6.17 Å². The molecule has 2 saturated carbocycles. The molecule has 0 heterocycles. The number of halogens is 1. The summed E-state index contributed by atoms with van der Waals surface area (Å²) in [5.41, 5.74) is 0. The standard InChI is InChI=1S/C8H13F/c9-8-4-6-2-1-3-7(6)5-8/h6-8H,1-5H2. The van der Waals surface area contributed by atoms with Gasteiger partial charge in [0.2, 0.25) is 0 Å². The lowest BCUT2D eigenvalue weighted by atomic mass is 10.0. The van der Waals surface area contributed by atoms with E-state index >= 15 is 0 Å². The van der Waals surface area contributed by atoms with E-state index in [2.05, 4.69) is 0 Å². The Hall–Kier alpha value is -0.0700. The highest BCUT2D eigenvalue weighted by Gasteiger charge is 2.36. The Bertz CT molecular complexity index is 99.1. The van der Waals surface area contributed by atoms with Gasteiger partial charge in [-0.15, -0.1) is 0 Å². The second-order valence-corrected chi connectivity index (χ2v) is 3.52. The van der Waals surface area contributed by atoms with Crippen molar-refractivity contribution in [1.29, 1.82) is 0 Å². The maximum atomic E-state index is 12.6. The second kappa shape index (κ2) is 1.96. The molecule has 52 valence electrons. The predicted molar refractivity (Wildman–Crippen MR) is 35.0 cm³/mol. The Morgan fingerprint density at radius 2 is 1.56 bits per heavy atom. The van der Waals surface area contributed by atoms with E-state index in [1.165, 1.54) is 19.3 Å². The molecule has 0 aliphatic heterocycles. The van der Waals surface area contributed by atoms with E-state index in [4.69, 9.17) is 0 Å². The Kier molecular flexibility index (Phi) is 1.24. The average Bonchev–Trinajstić information content (AvgIpc) is 2.22. The quantitative estimate of drug-likeness (QED) is 0.470. The third-order valence-corrected chi connectivity index (χ3v) is 2.93. The number of hydrogen-bond acceptors (Lipinski definition) is 0. The number of hydrogen-bond donors (Lipinski definition) is 0. The minimum Gasteiger partial charge on any atom is -0.247 e. The highest BCUT2D eigenvalue weighted by Crippen LogP contribution is 2.44. The van der Waals surface area contributed by atoms with Crippen LogP contribution in [0.25, 0.3) is 0 Å². The van der Waals surface area contributed by atoms with Crippen molar-refractivity contribution < 1.29 is 4.39 Å². The number of alkyl halides is 1. The molecule has 0 aromatic carbocycles. The molecule has 0 aromatic heterocycles. The maximum Gasteiger partial charge on any atom is 0.101 e. The van der Waals surface area contributed by atoms with Crippen LogP contribution < -0.4 is 0 Å². The molecule has 9 heavy (non-hydrogen) atoms. The van der Waals surface area contributed by atoms with E-state index in [1.807, 2.05) is 0 Å². The molecule has 0 saturated heterocycles. The van der Waals surface area contributed by atoms with Crippen LogP contribution in [-0.2, 0) is 0 Å². The number of rotatable bonds is 0. The van der Waals surface area contributed by atoms with Gasteiger partial charge in [0, 0.05) is 0 Å². The Balaban J connectivity index is 2.02. The van der Waals surface area contributed by atoms with Gasteiger partial charge in [0.1, 0.15) is 6.17 Å².